The van der Waals surface area contributed by atoms with Crippen LogP contribution in [0, 0.1) is 0 Å². The van der Waals surface area contributed by atoms with Crippen molar-refractivity contribution in [3.05, 3.63) is 125 Å². The molecule has 0 aliphatic rings. The van der Waals surface area contributed by atoms with Gasteiger partial charge in [-0.2, -0.15) is 0 Å². The number of carbonyl (C=O) groups excluding carboxylic acids is 3. The molecule has 0 aliphatic heterocycles. The van der Waals surface area contributed by atoms with Gasteiger partial charge in [-0.05, 0) is 85.0 Å². The Morgan fingerprint density at radius 3 is 1.95 bits per heavy atom. The Kier molecular flexibility index (Phi) is 10.5. The summed E-state index contributed by atoms with van der Waals surface area (Å²) in [5.74, 6) is 0.963. The highest BCUT2D eigenvalue weighted by Crippen LogP contribution is 2.27. The number of benzene rings is 4. The number of anilines is 1. The van der Waals surface area contributed by atoms with Crippen LogP contribution in [0.1, 0.15) is 31.8 Å². The van der Waals surface area contributed by atoms with E-state index in [0.29, 0.717) is 45.4 Å². The maximum atomic E-state index is 13.5. The Bertz CT molecular complexity index is 1690. The van der Waals surface area contributed by atoms with Crippen molar-refractivity contribution in [2.75, 3.05) is 33.8 Å². The third kappa shape index (κ3) is 7.92. The number of allylic oxidation sites excluding steroid dienone is 1. The minimum absolute atomic E-state index is 0.0260. The van der Waals surface area contributed by atoms with E-state index in [1.54, 1.807) is 111 Å². The largest absolute Gasteiger partial charge is 0.497 e. The fraction of sp³-hybridized carbons (Fsp3) is 0.114. The van der Waals surface area contributed by atoms with Crippen LogP contribution in [0.15, 0.2) is 103 Å². The number of ether oxygens (including phenoxy) is 4. The molecule has 0 saturated heterocycles. The molecule has 0 atom stereocenters. The zero-order valence-corrected chi connectivity index (χ0v) is 24.8. The Balaban J connectivity index is 1.54. The lowest BCUT2D eigenvalue weighted by molar-refractivity contribution is -0.113. The molecule has 0 aliphatic carbocycles. The molecule has 0 radical (unpaired) electrons. The van der Waals surface area contributed by atoms with Crippen LogP contribution in [0.4, 0.5) is 5.69 Å². The van der Waals surface area contributed by atoms with Crippen molar-refractivity contribution in [2.45, 2.75) is 0 Å². The lowest BCUT2D eigenvalue weighted by atomic mass is 10.1. The fourth-order valence-corrected chi connectivity index (χ4v) is 4.18. The number of rotatable bonds is 12. The van der Waals surface area contributed by atoms with E-state index in [1.165, 1.54) is 26.4 Å². The average Bonchev–Trinajstić information content (AvgIpc) is 3.07. The van der Waals surface area contributed by atoms with E-state index in [9.17, 15) is 14.4 Å². The summed E-state index contributed by atoms with van der Waals surface area (Å²) in [6.45, 7) is 0. The van der Waals surface area contributed by atoms with E-state index >= 15 is 0 Å². The first kappa shape index (κ1) is 31.1. The predicted octanol–water partition coefficient (Wildman–Crippen LogP) is 6.03. The molecule has 0 bridgehead atoms. The van der Waals surface area contributed by atoms with Gasteiger partial charge in [0.05, 0.1) is 28.4 Å². The third-order valence-corrected chi connectivity index (χ3v) is 6.55. The molecular formula is C35H32N2O7. The topological polar surface area (TPSA) is 112 Å². The van der Waals surface area contributed by atoms with Crippen LogP contribution >= 0.6 is 0 Å². The van der Waals surface area contributed by atoms with Gasteiger partial charge < -0.3 is 29.6 Å². The smallest absolute Gasteiger partial charge is 0.272 e. The summed E-state index contributed by atoms with van der Waals surface area (Å²) < 4.78 is 21.4. The molecule has 4 aromatic carbocycles. The molecule has 4 rings (SSSR count). The normalized spacial score (nSPS) is 11.0. The number of ketones is 1. The van der Waals surface area contributed by atoms with Gasteiger partial charge in [-0.25, -0.2) is 0 Å². The lowest BCUT2D eigenvalue weighted by Gasteiger charge is -2.13. The lowest BCUT2D eigenvalue weighted by Crippen LogP contribution is -2.30. The third-order valence-electron chi connectivity index (χ3n) is 6.55. The summed E-state index contributed by atoms with van der Waals surface area (Å²) in [6.07, 6.45) is 4.61. The molecule has 0 spiro atoms. The molecule has 2 N–H and O–H groups in total. The molecule has 4 aromatic rings. The van der Waals surface area contributed by atoms with Gasteiger partial charge in [0.15, 0.2) is 5.78 Å². The standard InChI is InChI=1S/C35H32N2O7/c1-41-28-17-19-32(43-3)26(20-28)21-30(37-34(39)25-8-6-5-7-9-25)35(40)36-27-14-10-23(11-15-27)31(38)18-13-24-12-16-29(42-2)22-33(24)44-4/h5-22H,1-4H3,(H,36,40)(H,37,39)/b18-13+,30-21-. The van der Waals surface area contributed by atoms with Gasteiger partial charge in [-0.3, -0.25) is 14.4 Å². The molecular weight excluding hydrogens is 560 g/mol. The van der Waals surface area contributed by atoms with E-state index in [2.05, 4.69) is 10.6 Å². The summed E-state index contributed by atoms with van der Waals surface area (Å²) in [5.41, 5.74) is 2.43. The predicted molar refractivity (Wildman–Crippen MR) is 169 cm³/mol. The zero-order valence-electron chi connectivity index (χ0n) is 24.8. The van der Waals surface area contributed by atoms with Crippen molar-refractivity contribution in [2.24, 2.45) is 0 Å². The van der Waals surface area contributed by atoms with Crippen LogP contribution in [-0.4, -0.2) is 46.0 Å². The monoisotopic (exact) mass is 592 g/mol. The first-order valence-corrected chi connectivity index (χ1v) is 13.5. The maximum Gasteiger partial charge on any atom is 0.272 e. The van der Waals surface area contributed by atoms with Crippen molar-refractivity contribution in [3.63, 3.8) is 0 Å². The van der Waals surface area contributed by atoms with Gasteiger partial charge in [-0.15, -0.1) is 0 Å². The van der Waals surface area contributed by atoms with E-state index < -0.39 is 11.8 Å². The van der Waals surface area contributed by atoms with Crippen molar-refractivity contribution in [1.29, 1.82) is 0 Å². The molecule has 0 fully saturated rings. The van der Waals surface area contributed by atoms with Crippen LogP contribution in [0.3, 0.4) is 0 Å². The molecule has 9 nitrogen and oxygen atoms in total. The molecule has 2 amide bonds. The van der Waals surface area contributed by atoms with E-state index in [0.717, 1.165) is 5.56 Å². The molecule has 0 unspecified atom stereocenters. The Hall–Kier alpha value is -5.83. The van der Waals surface area contributed by atoms with Gasteiger partial charge >= 0.3 is 0 Å². The van der Waals surface area contributed by atoms with E-state index in [-0.39, 0.29) is 11.5 Å². The maximum absolute atomic E-state index is 13.5. The summed E-state index contributed by atoms with van der Waals surface area (Å²) >= 11 is 0. The Labute approximate surface area is 255 Å². The van der Waals surface area contributed by atoms with Crippen LogP contribution in [0.5, 0.6) is 23.0 Å². The van der Waals surface area contributed by atoms with Gasteiger partial charge in [0.1, 0.15) is 28.7 Å². The van der Waals surface area contributed by atoms with Gasteiger partial charge in [0.25, 0.3) is 11.8 Å². The van der Waals surface area contributed by atoms with Gasteiger partial charge in [0.2, 0.25) is 0 Å². The quantitative estimate of drug-likeness (QED) is 0.153. The summed E-state index contributed by atoms with van der Waals surface area (Å²) in [6, 6.07) is 25.4. The minimum atomic E-state index is -0.579. The molecule has 224 valence electrons. The molecule has 0 heterocycles. The number of nitrogens with one attached hydrogen (secondary N) is 2. The van der Waals surface area contributed by atoms with E-state index in [1.807, 2.05) is 0 Å². The minimum Gasteiger partial charge on any atom is -0.497 e. The second kappa shape index (κ2) is 14.9. The van der Waals surface area contributed by atoms with Crippen molar-refractivity contribution in [3.8, 4) is 23.0 Å². The van der Waals surface area contributed by atoms with Gasteiger partial charge in [-0.1, -0.05) is 18.2 Å². The average molecular weight is 593 g/mol. The van der Waals surface area contributed by atoms with E-state index in [4.69, 9.17) is 18.9 Å². The van der Waals surface area contributed by atoms with Gasteiger partial charge in [0, 0.05) is 34.0 Å². The van der Waals surface area contributed by atoms with Crippen LogP contribution in [-0.2, 0) is 4.79 Å². The van der Waals surface area contributed by atoms with Crippen LogP contribution in [0.25, 0.3) is 12.2 Å². The molecule has 0 saturated carbocycles. The molecule has 44 heavy (non-hydrogen) atoms. The van der Waals surface area contributed by atoms with Crippen molar-refractivity contribution in [1.82, 2.24) is 5.32 Å². The number of hydrogen-bond donors (Lipinski definition) is 2. The highest BCUT2D eigenvalue weighted by atomic mass is 16.5. The van der Waals surface area contributed by atoms with Crippen LogP contribution < -0.4 is 29.6 Å². The zero-order chi connectivity index (χ0) is 31.5. The Morgan fingerprint density at radius 1 is 0.636 bits per heavy atom. The fourth-order valence-electron chi connectivity index (χ4n) is 4.18. The summed E-state index contributed by atoms with van der Waals surface area (Å²) in [7, 11) is 6.14. The number of carbonyl (C=O) groups is 3. The summed E-state index contributed by atoms with van der Waals surface area (Å²) in [5, 5.41) is 5.48. The number of hydrogen-bond acceptors (Lipinski definition) is 7. The SMILES string of the molecule is COc1ccc(OC)c(/C=C(\NC(=O)c2ccccc2)C(=O)Nc2ccc(C(=O)/C=C/c3ccc(OC)cc3OC)cc2)c1. The Morgan fingerprint density at radius 2 is 1.30 bits per heavy atom. The van der Waals surface area contributed by atoms with Crippen LogP contribution in [0.2, 0.25) is 0 Å². The summed E-state index contributed by atoms with van der Waals surface area (Å²) in [4.78, 5) is 39.3. The second-order valence-corrected chi connectivity index (χ2v) is 9.32. The first-order chi connectivity index (χ1) is 21.3. The molecule has 9 heteroatoms. The first-order valence-electron chi connectivity index (χ1n) is 13.5. The highest BCUT2D eigenvalue weighted by Gasteiger charge is 2.17. The number of amides is 2. The highest BCUT2D eigenvalue weighted by molar-refractivity contribution is 6.11. The molecule has 0 aromatic heterocycles. The second-order valence-electron chi connectivity index (χ2n) is 9.32. The number of methoxy groups -OCH3 is 4. The van der Waals surface area contributed by atoms with Crippen molar-refractivity contribution >= 4 is 35.4 Å². The van der Waals surface area contributed by atoms with Crippen molar-refractivity contribution < 1.29 is 33.3 Å².